The molecule has 0 amide bonds. The Balaban J connectivity index is 4.19. The lowest BCUT2D eigenvalue weighted by Crippen LogP contribution is -1.86. The van der Waals surface area contributed by atoms with Gasteiger partial charge in [0.2, 0.25) is 0 Å². The quantitative estimate of drug-likeness (QED) is 0.473. The van der Waals surface area contributed by atoms with Gasteiger partial charge in [0.1, 0.15) is 0 Å². The number of sulfone groups is 1. The predicted molar refractivity (Wildman–Crippen MR) is 29.6 cm³/mol. The maximum absolute atomic E-state index is 10.2. The van der Waals surface area contributed by atoms with E-state index < -0.39 is 9.84 Å². The third kappa shape index (κ3) is 5.18. The highest BCUT2D eigenvalue weighted by molar-refractivity contribution is 7.93. The SMILES string of the molecule is CS(=O)(=O)/C=C\C#N. The normalized spacial score (nSPS) is 11.5. The number of rotatable bonds is 1. The lowest BCUT2D eigenvalue weighted by molar-refractivity contribution is 0.610. The molecule has 0 heterocycles. The molecular formula is C4H5NO2S. The maximum Gasteiger partial charge on any atom is 0.169 e. The first-order valence-corrected chi connectivity index (χ1v) is 3.78. The first kappa shape index (κ1) is 7.18. The molecule has 0 rings (SSSR count). The Morgan fingerprint density at radius 3 is 2.25 bits per heavy atom. The lowest BCUT2D eigenvalue weighted by Gasteiger charge is -1.76. The summed E-state index contributed by atoms with van der Waals surface area (Å²) in [4.78, 5) is 0. The van der Waals surface area contributed by atoms with Crippen LogP contribution in [0.3, 0.4) is 0 Å². The largest absolute Gasteiger partial charge is 0.225 e. The molecule has 8 heavy (non-hydrogen) atoms. The van der Waals surface area contributed by atoms with Gasteiger partial charge < -0.3 is 0 Å². The second-order valence-corrected chi connectivity index (χ2v) is 3.19. The van der Waals surface area contributed by atoms with Gasteiger partial charge in [-0.15, -0.1) is 0 Å². The van der Waals surface area contributed by atoms with Crippen LogP contribution in [0.5, 0.6) is 0 Å². The van der Waals surface area contributed by atoms with E-state index >= 15 is 0 Å². The number of nitrogens with zero attached hydrogens (tertiary/aromatic N) is 1. The molecule has 0 aromatic rings. The first-order chi connectivity index (χ1) is 3.56. The fourth-order valence-electron chi connectivity index (χ4n) is 0.154. The number of nitriles is 1. The average Bonchev–Trinajstić information content (AvgIpc) is 1.59. The fourth-order valence-corrected chi connectivity index (χ4v) is 0.462. The third-order valence-corrected chi connectivity index (χ3v) is 1.02. The molecule has 3 nitrogen and oxygen atoms in total. The second-order valence-electron chi connectivity index (χ2n) is 1.26. The van der Waals surface area contributed by atoms with Gasteiger partial charge in [-0.1, -0.05) is 0 Å². The molecule has 0 spiro atoms. The zero-order valence-electron chi connectivity index (χ0n) is 4.33. The highest BCUT2D eigenvalue weighted by Gasteiger charge is 1.89. The number of allylic oxidation sites excluding steroid dienone is 1. The van der Waals surface area contributed by atoms with Crippen molar-refractivity contribution in [3.8, 4) is 6.07 Å². The van der Waals surface area contributed by atoms with E-state index in [1.807, 2.05) is 0 Å². The Hall–Kier alpha value is -0.820. The average molecular weight is 131 g/mol. The molecule has 0 aromatic carbocycles. The monoisotopic (exact) mass is 131 g/mol. The van der Waals surface area contributed by atoms with Crippen LogP contribution in [0.15, 0.2) is 11.5 Å². The van der Waals surface area contributed by atoms with Crippen molar-refractivity contribution in [1.82, 2.24) is 0 Å². The van der Waals surface area contributed by atoms with E-state index in [0.717, 1.165) is 17.7 Å². The first-order valence-electron chi connectivity index (χ1n) is 1.82. The van der Waals surface area contributed by atoms with Crippen molar-refractivity contribution in [2.75, 3.05) is 6.26 Å². The summed E-state index contributed by atoms with van der Waals surface area (Å²) in [5.74, 6) is 0. The van der Waals surface area contributed by atoms with Crippen LogP contribution in [0, 0.1) is 11.3 Å². The van der Waals surface area contributed by atoms with Crippen molar-refractivity contribution < 1.29 is 8.42 Å². The number of hydrogen-bond acceptors (Lipinski definition) is 3. The van der Waals surface area contributed by atoms with E-state index in [4.69, 9.17) is 5.26 Å². The van der Waals surface area contributed by atoms with Crippen LogP contribution >= 0.6 is 0 Å². The van der Waals surface area contributed by atoms with Gasteiger partial charge in [-0.2, -0.15) is 5.26 Å². The molecule has 0 atom stereocenters. The molecule has 4 heteroatoms. The zero-order valence-corrected chi connectivity index (χ0v) is 5.14. The zero-order chi connectivity index (χ0) is 6.62. The minimum Gasteiger partial charge on any atom is -0.225 e. The summed E-state index contributed by atoms with van der Waals surface area (Å²) in [6.07, 6.45) is 1.95. The Kier molecular flexibility index (Phi) is 2.22. The smallest absolute Gasteiger partial charge is 0.169 e. The van der Waals surface area contributed by atoms with Crippen molar-refractivity contribution in [2.24, 2.45) is 0 Å². The van der Waals surface area contributed by atoms with Crippen molar-refractivity contribution >= 4 is 9.84 Å². The minimum absolute atomic E-state index is 0.854. The molecule has 0 saturated heterocycles. The standard InChI is InChI=1S/C4H5NO2S/c1-8(6,7)4-2-3-5/h2,4H,1H3/b4-2-. The molecule has 0 N–H and O–H groups in total. The van der Waals surface area contributed by atoms with Crippen molar-refractivity contribution in [3.05, 3.63) is 11.5 Å². The van der Waals surface area contributed by atoms with Gasteiger partial charge in [0.25, 0.3) is 0 Å². The molecule has 0 bridgehead atoms. The minimum atomic E-state index is -3.09. The summed E-state index contributed by atoms with van der Waals surface area (Å²) < 4.78 is 20.3. The molecule has 0 aliphatic heterocycles. The topological polar surface area (TPSA) is 57.9 Å². The van der Waals surface area contributed by atoms with Gasteiger partial charge >= 0.3 is 0 Å². The van der Waals surface area contributed by atoms with Crippen LogP contribution in [0.1, 0.15) is 0 Å². The van der Waals surface area contributed by atoms with E-state index in [2.05, 4.69) is 0 Å². The van der Waals surface area contributed by atoms with Gasteiger partial charge in [-0.3, -0.25) is 0 Å². The summed E-state index contributed by atoms with van der Waals surface area (Å²) in [5, 5.41) is 8.68. The van der Waals surface area contributed by atoms with Gasteiger partial charge in [-0.05, 0) is 0 Å². The van der Waals surface area contributed by atoms with Crippen LogP contribution in [0.25, 0.3) is 0 Å². The molecule has 0 saturated carbocycles. The highest BCUT2D eigenvalue weighted by atomic mass is 32.2. The van der Waals surface area contributed by atoms with Crippen LogP contribution < -0.4 is 0 Å². The molecular weight excluding hydrogens is 126 g/mol. The van der Waals surface area contributed by atoms with E-state index in [1.54, 1.807) is 6.07 Å². The molecule has 0 aliphatic rings. The second kappa shape index (κ2) is 2.48. The molecule has 0 aliphatic carbocycles. The molecule has 0 unspecified atom stereocenters. The van der Waals surface area contributed by atoms with Crippen LogP contribution in [-0.4, -0.2) is 14.7 Å². The molecule has 0 radical (unpaired) electrons. The van der Waals surface area contributed by atoms with Crippen molar-refractivity contribution in [1.29, 1.82) is 5.26 Å². The van der Waals surface area contributed by atoms with Gasteiger partial charge in [0.15, 0.2) is 9.84 Å². The Labute approximate surface area is 48.2 Å². The summed E-state index contributed by atoms with van der Waals surface area (Å²) in [6.45, 7) is 0. The summed E-state index contributed by atoms with van der Waals surface area (Å²) in [5.41, 5.74) is 0. The maximum atomic E-state index is 10.2. The van der Waals surface area contributed by atoms with Crippen LogP contribution in [0.2, 0.25) is 0 Å². The Morgan fingerprint density at radius 2 is 2.12 bits per heavy atom. The predicted octanol–water partition coefficient (Wildman–Crippen LogP) is 0.0683. The lowest BCUT2D eigenvalue weighted by atomic mass is 10.7. The van der Waals surface area contributed by atoms with E-state index in [0.29, 0.717) is 0 Å². The van der Waals surface area contributed by atoms with Crippen molar-refractivity contribution in [3.63, 3.8) is 0 Å². The summed E-state index contributed by atoms with van der Waals surface area (Å²) in [7, 11) is -3.09. The van der Waals surface area contributed by atoms with E-state index in [1.165, 1.54) is 0 Å². The summed E-state index contributed by atoms with van der Waals surface area (Å²) >= 11 is 0. The Bertz CT molecular complexity index is 219. The molecule has 0 fully saturated rings. The molecule has 44 valence electrons. The highest BCUT2D eigenvalue weighted by Crippen LogP contribution is 1.81. The van der Waals surface area contributed by atoms with Crippen molar-refractivity contribution in [2.45, 2.75) is 0 Å². The molecule has 0 aromatic heterocycles. The van der Waals surface area contributed by atoms with Gasteiger partial charge in [0.05, 0.1) is 6.07 Å². The third-order valence-electron chi connectivity index (χ3n) is 0.390. The number of hydrogen-bond donors (Lipinski definition) is 0. The van der Waals surface area contributed by atoms with Crippen LogP contribution in [0.4, 0.5) is 0 Å². The van der Waals surface area contributed by atoms with E-state index in [-0.39, 0.29) is 0 Å². The van der Waals surface area contributed by atoms with Gasteiger partial charge in [-0.25, -0.2) is 8.42 Å². The van der Waals surface area contributed by atoms with E-state index in [9.17, 15) is 8.42 Å². The van der Waals surface area contributed by atoms with Gasteiger partial charge in [0, 0.05) is 17.7 Å². The summed E-state index contributed by atoms with van der Waals surface area (Å²) in [6, 6.07) is 1.56. The Morgan fingerprint density at radius 1 is 1.62 bits per heavy atom. The van der Waals surface area contributed by atoms with Crippen LogP contribution in [-0.2, 0) is 9.84 Å². The fraction of sp³-hybridized carbons (Fsp3) is 0.250.